The molecule has 2 bridgehead atoms. The number of anilines is 3. The van der Waals surface area contributed by atoms with E-state index in [0.717, 1.165) is 18.7 Å². The zero-order valence-electron chi connectivity index (χ0n) is 15.9. The molecule has 11 heteroatoms. The third-order valence-corrected chi connectivity index (χ3v) is 5.14. The van der Waals surface area contributed by atoms with E-state index in [4.69, 9.17) is 4.42 Å². The number of carbonyl (C=O) groups excluding carboxylic acids is 1. The normalized spacial score (nSPS) is 17.0. The number of rotatable bonds is 3. The Balaban J connectivity index is 1.46. The van der Waals surface area contributed by atoms with Crippen LogP contribution in [0.1, 0.15) is 22.8 Å². The molecule has 152 valence electrons. The van der Waals surface area contributed by atoms with Crippen LogP contribution in [0.15, 0.2) is 35.0 Å². The fourth-order valence-corrected chi connectivity index (χ4v) is 3.78. The Labute approximate surface area is 170 Å². The number of fused-ring (bicyclic) bond motifs is 4. The molecule has 2 amide bonds. The minimum atomic E-state index is -1.15. The number of aryl methyl sites for hydroxylation is 1. The Morgan fingerprint density at radius 1 is 1.23 bits per heavy atom. The number of carboxylic acids is 1. The molecular weight excluding hydrogens is 390 g/mol. The molecular formula is C19H17N7O4. The first-order valence-electron chi connectivity index (χ1n) is 9.35. The van der Waals surface area contributed by atoms with Crippen LogP contribution in [0, 0.1) is 6.92 Å². The summed E-state index contributed by atoms with van der Waals surface area (Å²) in [5.41, 5.74) is 1.10. The summed E-state index contributed by atoms with van der Waals surface area (Å²) in [7, 11) is 0. The van der Waals surface area contributed by atoms with Crippen molar-refractivity contribution in [1.29, 1.82) is 0 Å². The Bertz CT molecular complexity index is 1160. The first-order valence-corrected chi connectivity index (χ1v) is 9.35. The molecule has 2 N–H and O–H groups in total. The lowest BCUT2D eigenvalue weighted by atomic mass is 10.2. The molecule has 1 atom stereocenters. The molecule has 1 fully saturated rings. The van der Waals surface area contributed by atoms with Gasteiger partial charge in [0.25, 0.3) is 0 Å². The van der Waals surface area contributed by atoms with E-state index < -0.39 is 12.0 Å². The van der Waals surface area contributed by atoms with Crippen molar-refractivity contribution in [3.05, 3.63) is 42.2 Å². The summed E-state index contributed by atoms with van der Waals surface area (Å²) >= 11 is 0. The van der Waals surface area contributed by atoms with Crippen molar-refractivity contribution in [3.63, 3.8) is 0 Å². The van der Waals surface area contributed by atoms with E-state index in [1.807, 2.05) is 0 Å². The van der Waals surface area contributed by atoms with Crippen molar-refractivity contribution in [1.82, 2.24) is 19.9 Å². The molecule has 3 aromatic rings. The minimum Gasteiger partial charge on any atom is -0.477 e. The molecule has 0 radical (unpaired) electrons. The predicted molar refractivity (Wildman–Crippen MR) is 106 cm³/mol. The number of nitrogens with zero attached hydrogens (tertiary/aromatic N) is 6. The van der Waals surface area contributed by atoms with E-state index in [9.17, 15) is 14.7 Å². The number of oxazole rings is 1. The number of carbonyl (C=O) groups is 2. The van der Waals surface area contributed by atoms with Gasteiger partial charge < -0.3 is 14.4 Å². The van der Waals surface area contributed by atoms with Gasteiger partial charge >= 0.3 is 12.0 Å². The lowest BCUT2D eigenvalue weighted by molar-refractivity contribution is 0.0690. The van der Waals surface area contributed by atoms with Crippen molar-refractivity contribution >= 4 is 29.5 Å². The first-order chi connectivity index (χ1) is 14.5. The maximum atomic E-state index is 13.1. The summed E-state index contributed by atoms with van der Waals surface area (Å²) in [6, 6.07) is 4.21. The van der Waals surface area contributed by atoms with Gasteiger partial charge in [-0.2, -0.15) is 0 Å². The van der Waals surface area contributed by atoms with Crippen LogP contribution in [0.2, 0.25) is 0 Å². The fourth-order valence-electron chi connectivity index (χ4n) is 3.78. The summed E-state index contributed by atoms with van der Waals surface area (Å²) in [5.74, 6) is 0.244. The summed E-state index contributed by atoms with van der Waals surface area (Å²) in [6.45, 7) is 3.16. The molecule has 2 aliphatic rings. The van der Waals surface area contributed by atoms with E-state index in [-0.39, 0.29) is 17.7 Å². The van der Waals surface area contributed by atoms with Crippen molar-refractivity contribution in [3.8, 4) is 11.5 Å². The van der Waals surface area contributed by atoms with Gasteiger partial charge in [-0.3, -0.25) is 10.2 Å². The fraction of sp³-hybridized carbons (Fsp3) is 0.263. The molecule has 5 rings (SSSR count). The highest BCUT2D eigenvalue weighted by Gasteiger charge is 2.40. The van der Waals surface area contributed by atoms with Gasteiger partial charge in [0.15, 0.2) is 23.2 Å². The Morgan fingerprint density at radius 2 is 2.10 bits per heavy atom. The number of aromatic carboxylic acids is 1. The standard InChI is InChI=1S/C19H17N7O4/c1-10-21-8-15(30-10)12-4-6-20-18(23-12)24-19(29)26-11-5-7-25(9-11)14-3-2-13(17(27)28)22-16(14)26/h2-4,6,8,11H,5,7,9H2,1H3,(H,27,28)(H,20,23,24,29). The molecule has 30 heavy (non-hydrogen) atoms. The van der Waals surface area contributed by atoms with Crippen LogP contribution < -0.4 is 15.1 Å². The van der Waals surface area contributed by atoms with Gasteiger partial charge in [0.1, 0.15) is 5.69 Å². The van der Waals surface area contributed by atoms with Gasteiger partial charge in [-0.05, 0) is 24.6 Å². The van der Waals surface area contributed by atoms with Gasteiger partial charge in [-0.15, -0.1) is 0 Å². The van der Waals surface area contributed by atoms with E-state index >= 15 is 0 Å². The van der Waals surface area contributed by atoms with Gasteiger partial charge in [0.2, 0.25) is 5.95 Å². The second-order valence-electron chi connectivity index (χ2n) is 7.04. The van der Waals surface area contributed by atoms with Crippen molar-refractivity contribution in [2.75, 3.05) is 28.2 Å². The maximum absolute atomic E-state index is 13.1. The van der Waals surface area contributed by atoms with Crippen LogP contribution in [0.4, 0.5) is 22.2 Å². The van der Waals surface area contributed by atoms with Crippen LogP contribution in [0.5, 0.6) is 0 Å². The van der Waals surface area contributed by atoms with Gasteiger partial charge in [0.05, 0.1) is 17.9 Å². The molecule has 2 aliphatic heterocycles. The molecule has 0 saturated carbocycles. The van der Waals surface area contributed by atoms with Crippen molar-refractivity contribution < 1.29 is 19.1 Å². The number of urea groups is 1. The number of carboxylic acid groups (broad SMARTS) is 1. The number of nitrogens with one attached hydrogen (secondary N) is 1. The monoisotopic (exact) mass is 407 g/mol. The lowest BCUT2D eigenvalue weighted by Crippen LogP contribution is -2.48. The molecule has 0 spiro atoms. The van der Waals surface area contributed by atoms with Crippen molar-refractivity contribution in [2.45, 2.75) is 19.4 Å². The highest BCUT2D eigenvalue weighted by molar-refractivity contribution is 6.04. The molecule has 3 aromatic heterocycles. The average molecular weight is 407 g/mol. The largest absolute Gasteiger partial charge is 0.477 e. The lowest BCUT2D eigenvalue weighted by Gasteiger charge is -2.35. The van der Waals surface area contributed by atoms with Crippen molar-refractivity contribution in [2.24, 2.45) is 0 Å². The summed E-state index contributed by atoms with van der Waals surface area (Å²) < 4.78 is 5.47. The third-order valence-electron chi connectivity index (χ3n) is 5.14. The average Bonchev–Trinajstić information content (AvgIpc) is 3.35. The van der Waals surface area contributed by atoms with Crippen LogP contribution in [0.25, 0.3) is 11.5 Å². The molecule has 5 heterocycles. The van der Waals surface area contributed by atoms with E-state index in [1.165, 1.54) is 17.2 Å². The van der Waals surface area contributed by atoms with Crippen LogP contribution >= 0.6 is 0 Å². The summed E-state index contributed by atoms with van der Waals surface area (Å²) in [5, 5.41) is 12.0. The molecule has 1 saturated heterocycles. The number of pyridine rings is 1. The number of amides is 2. The second kappa shape index (κ2) is 6.79. The number of hydrogen-bond donors (Lipinski definition) is 2. The molecule has 11 nitrogen and oxygen atoms in total. The van der Waals surface area contributed by atoms with Gasteiger partial charge in [0, 0.05) is 26.2 Å². The Hall–Kier alpha value is -4.02. The van der Waals surface area contributed by atoms with Gasteiger partial charge in [-0.25, -0.2) is 29.5 Å². The molecule has 1 unspecified atom stereocenters. The summed E-state index contributed by atoms with van der Waals surface area (Å²) in [6.07, 6.45) is 3.82. The van der Waals surface area contributed by atoms with Crippen LogP contribution in [-0.2, 0) is 0 Å². The van der Waals surface area contributed by atoms with Gasteiger partial charge in [-0.1, -0.05) is 0 Å². The Kier molecular flexibility index (Phi) is 4.09. The van der Waals surface area contributed by atoms with E-state index in [0.29, 0.717) is 29.7 Å². The zero-order valence-corrected chi connectivity index (χ0v) is 15.9. The predicted octanol–water partition coefficient (Wildman–Crippen LogP) is 2.16. The number of aromatic nitrogens is 4. The smallest absolute Gasteiger partial charge is 0.354 e. The highest BCUT2D eigenvalue weighted by atomic mass is 16.4. The third kappa shape index (κ3) is 3.00. The van der Waals surface area contributed by atoms with Crippen LogP contribution in [-0.4, -0.2) is 56.2 Å². The highest BCUT2D eigenvalue weighted by Crippen LogP contribution is 2.39. The zero-order chi connectivity index (χ0) is 20.8. The van der Waals surface area contributed by atoms with Crippen LogP contribution in [0.3, 0.4) is 0 Å². The minimum absolute atomic E-state index is 0.0999. The first kappa shape index (κ1) is 18.0. The van der Waals surface area contributed by atoms with E-state index in [1.54, 1.807) is 25.3 Å². The second-order valence-corrected chi connectivity index (χ2v) is 7.04. The Morgan fingerprint density at radius 3 is 2.87 bits per heavy atom. The maximum Gasteiger partial charge on any atom is 0.354 e. The number of hydrogen-bond acceptors (Lipinski definition) is 8. The molecule has 0 aromatic carbocycles. The summed E-state index contributed by atoms with van der Waals surface area (Å²) in [4.78, 5) is 44.8. The van der Waals surface area contributed by atoms with E-state index in [2.05, 4.69) is 30.2 Å². The molecule has 0 aliphatic carbocycles. The topological polar surface area (TPSA) is 138 Å². The SMILES string of the molecule is Cc1ncc(-c2ccnc(NC(=O)N3c4nc(C(=O)O)ccc4N4CCC3C4)n2)o1. The quantitative estimate of drug-likeness (QED) is 0.669.